The van der Waals surface area contributed by atoms with Gasteiger partial charge in [0.25, 0.3) is 0 Å². The highest BCUT2D eigenvalue weighted by Crippen LogP contribution is 2.22. The Morgan fingerprint density at radius 2 is 2.00 bits per heavy atom. The van der Waals surface area contributed by atoms with Gasteiger partial charge in [0, 0.05) is 25.6 Å². The van der Waals surface area contributed by atoms with Crippen molar-refractivity contribution in [3.8, 4) is 0 Å². The summed E-state index contributed by atoms with van der Waals surface area (Å²) in [6.07, 6.45) is 3.17. The maximum atomic E-state index is 11.9. The first-order chi connectivity index (χ1) is 9.00. The molecule has 1 fully saturated rings. The Bertz CT molecular complexity index is 272. The van der Waals surface area contributed by atoms with E-state index in [0.29, 0.717) is 24.3 Å². The summed E-state index contributed by atoms with van der Waals surface area (Å²) in [6, 6.07) is 0.532. The summed E-state index contributed by atoms with van der Waals surface area (Å²) in [5.41, 5.74) is 0. The molecule has 0 aromatic rings. The summed E-state index contributed by atoms with van der Waals surface area (Å²) in [5, 5.41) is 6.46. The Kier molecular flexibility index (Phi) is 13.8. The van der Waals surface area contributed by atoms with E-state index in [9.17, 15) is 4.79 Å². The van der Waals surface area contributed by atoms with Crippen LogP contribution in [0.4, 0.5) is 0 Å². The summed E-state index contributed by atoms with van der Waals surface area (Å²) in [7, 11) is 2.09. The van der Waals surface area contributed by atoms with Crippen molar-refractivity contribution in [2.24, 2.45) is 11.8 Å². The maximum Gasteiger partial charge on any atom is 0.220 e. The monoisotopic (exact) mass is 341 g/mol. The fourth-order valence-corrected chi connectivity index (χ4v) is 2.53. The van der Waals surface area contributed by atoms with Gasteiger partial charge in [0.1, 0.15) is 0 Å². The Morgan fingerprint density at radius 3 is 2.52 bits per heavy atom. The maximum absolute atomic E-state index is 11.9. The third-order valence-corrected chi connectivity index (χ3v) is 4.32. The first-order valence-corrected chi connectivity index (χ1v) is 7.68. The van der Waals surface area contributed by atoms with Crippen LogP contribution < -0.4 is 10.6 Å². The highest BCUT2D eigenvalue weighted by molar-refractivity contribution is 5.85. The van der Waals surface area contributed by atoms with Gasteiger partial charge in [-0.1, -0.05) is 6.92 Å². The number of likely N-dealkylation sites (N-methyl/N-ethyl adjacent to an activating group) is 1. The van der Waals surface area contributed by atoms with Crippen LogP contribution in [0.15, 0.2) is 0 Å². The number of carbonyl (C=O) groups is 1. The lowest BCUT2D eigenvalue weighted by molar-refractivity contribution is -0.122. The second-order valence-corrected chi connectivity index (χ2v) is 6.21. The molecule has 0 aromatic carbocycles. The van der Waals surface area contributed by atoms with Crippen LogP contribution in [-0.4, -0.2) is 50.1 Å². The number of amides is 1. The van der Waals surface area contributed by atoms with Crippen LogP contribution in [0.3, 0.4) is 0 Å². The fourth-order valence-electron chi connectivity index (χ4n) is 2.53. The quantitative estimate of drug-likeness (QED) is 0.746. The van der Waals surface area contributed by atoms with Gasteiger partial charge in [0.05, 0.1) is 0 Å². The lowest BCUT2D eigenvalue weighted by Crippen LogP contribution is -2.38. The van der Waals surface area contributed by atoms with Gasteiger partial charge < -0.3 is 15.5 Å². The van der Waals surface area contributed by atoms with Crippen LogP contribution >= 0.6 is 24.8 Å². The van der Waals surface area contributed by atoms with Crippen LogP contribution in [0.2, 0.25) is 0 Å². The van der Waals surface area contributed by atoms with Crippen LogP contribution in [0.25, 0.3) is 0 Å². The van der Waals surface area contributed by atoms with Gasteiger partial charge in [-0.3, -0.25) is 4.79 Å². The van der Waals surface area contributed by atoms with Crippen molar-refractivity contribution in [2.75, 3.05) is 33.2 Å². The molecule has 0 saturated carbocycles. The van der Waals surface area contributed by atoms with E-state index in [1.807, 2.05) is 0 Å². The van der Waals surface area contributed by atoms with Crippen LogP contribution in [-0.2, 0) is 4.79 Å². The van der Waals surface area contributed by atoms with Crippen molar-refractivity contribution in [3.05, 3.63) is 0 Å². The second kappa shape index (κ2) is 12.5. The molecular weight excluding hydrogens is 309 g/mol. The molecular formula is C15H33Cl2N3O. The number of carbonyl (C=O) groups excluding carboxylic acids is 1. The highest BCUT2D eigenvalue weighted by Gasteiger charge is 2.21. The molecule has 1 saturated heterocycles. The molecule has 2 N–H and O–H groups in total. The Morgan fingerprint density at radius 1 is 1.33 bits per heavy atom. The molecule has 0 aromatic heterocycles. The predicted octanol–water partition coefficient (Wildman–Crippen LogP) is 2.31. The molecule has 1 rings (SSSR count). The molecule has 0 spiro atoms. The minimum atomic E-state index is 0. The average molecular weight is 342 g/mol. The molecule has 1 heterocycles. The van der Waals surface area contributed by atoms with Crippen molar-refractivity contribution in [3.63, 3.8) is 0 Å². The van der Waals surface area contributed by atoms with E-state index >= 15 is 0 Å². The largest absolute Gasteiger partial charge is 0.355 e. The zero-order valence-corrected chi connectivity index (χ0v) is 15.5. The van der Waals surface area contributed by atoms with Gasteiger partial charge in [0.2, 0.25) is 5.91 Å². The van der Waals surface area contributed by atoms with Gasteiger partial charge in [-0.2, -0.15) is 0 Å². The van der Waals surface area contributed by atoms with E-state index < -0.39 is 0 Å². The van der Waals surface area contributed by atoms with Gasteiger partial charge >= 0.3 is 0 Å². The van der Waals surface area contributed by atoms with Gasteiger partial charge in [-0.25, -0.2) is 0 Å². The third-order valence-electron chi connectivity index (χ3n) is 4.32. The zero-order valence-electron chi connectivity index (χ0n) is 13.9. The number of hydrogen-bond donors (Lipinski definition) is 2. The third kappa shape index (κ3) is 9.56. The summed E-state index contributed by atoms with van der Waals surface area (Å²) in [6.45, 7) is 10.4. The molecule has 6 heteroatoms. The molecule has 0 aliphatic carbocycles. The standard InChI is InChI=1S/C15H31N3O.2ClH/c1-12(2)18(4)9-8-17-15(19)10-13(3)14-6-5-7-16-11-14;;/h12-14,16H,5-11H2,1-4H3,(H,17,19);2*1H. The summed E-state index contributed by atoms with van der Waals surface area (Å²) in [5.74, 6) is 1.35. The molecule has 1 amide bonds. The van der Waals surface area contributed by atoms with E-state index in [0.717, 1.165) is 26.2 Å². The number of piperidine rings is 1. The van der Waals surface area contributed by atoms with Crippen molar-refractivity contribution in [2.45, 2.75) is 46.1 Å². The van der Waals surface area contributed by atoms with Crippen molar-refractivity contribution >= 4 is 30.7 Å². The second-order valence-electron chi connectivity index (χ2n) is 6.21. The molecule has 4 nitrogen and oxygen atoms in total. The molecule has 1 aliphatic rings. The first kappa shape index (κ1) is 23.2. The lowest BCUT2D eigenvalue weighted by Gasteiger charge is -2.28. The SMILES string of the molecule is CC(CC(=O)NCCN(C)C(C)C)C1CCCNC1.Cl.Cl. The Balaban J connectivity index is 0. The first-order valence-electron chi connectivity index (χ1n) is 7.68. The van der Waals surface area contributed by atoms with Gasteiger partial charge in [-0.15, -0.1) is 24.8 Å². The number of rotatable bonds is 7. The number of hydrogen-bond acceptors (Lipinski definition) is 3. The summed E-state index contributed by atoms with van der Waals surface area (Å²) in [4.78, 5) is 14.1. The van der Waals surface area contributed by atoms with Crippen LogP contribution in [0, 0.1) is 11.8 Å². The molecule has 2 unspecified atom stereocenters. The van der Waals surface area contributed by atoms with Crippen molar-refractivity contribution < 1.29 is 4.79 Å². The molecule has 21 heavy (non-hydrogen) atoms. The highest BCUT2D eigenvalue weighted by atomic mass is 35.5. The molecule has 0 bridgehead atoms. The van der Waals surface area contributed by atoms with Crippen molar-refractivity contribution in [1.82, 2.24) is 15.5 Å². The van der Waals surface area contributed by atoms with E-state index in [-0.39, 0.29) is 30.7 Å². The van der Waals surface area contributed by atoms with Crippen LogP contribution in [0.5, 0.6) is 0 Å². The lowest BCUT2D eigenvalue weighted by atomic mass is 9.85. The molecule has 1 aliphatic heterocycles. The number of nitrogens with one attached hydrogen (secondary N) is 2. The number of halogens is 2. The fraction of sp³-hybridized carbons (Fsp3) is 0.933. The van der Waals surface area contributed by atoms with Crippen molar-refractivity contribution in [1.29, 1.82) is 0 Å². The molecule has 2 atom stereocenters. The summed E-state index contributed by atoms with van der Waals surface area (Å²) >= 11 is 0. The molecule has 0 radical (unpaired) electrons. The minimum Gasteiger partial charge on any atom is -0.355 e. The topological polar surface area (TPSA) is 44.4 Å². The van der Waals surface area contributed by atoms with Gasteiger partial charge in [0.15, 0.2) is 0 Å². The smallest absolute Gasteiger partial charge is 0.220 e. The number of nitrogens with zero attached hydrogens (tertiary/aromatic N) is 1. The van der Waals surface area contributed by atoms with E-state index in [4.69, 9.17) is 0 Å². The average Bonchev–Trinajstić information content (AvgIpc) is 2.39. The Labute approximate surface area is 142 Å². The predicted molar refractivity (Wildman–Crippen MR) is 94.6 cm³/mol. The van der Waals surface area contributed by atoms with E-state index in [2.05, 4.69) is 43.4 Å². The van der Waals surface area contributed by atoms with Crippen LogP contribution in [0.1, 0.15) is 40.0 Å². The van der Waals surface area contributed by atoms with E-state index in [1.54, 1.807) is 0 Å². The normalized spacial score (nSPS) is 19.6. The zero-order chi connectivity index (χ0) is 14.3. The van der Waals surface area contributed by atoms with E-state index in [1.165, 1.54) is 12.8 Å². The van der Waals surface area contributed by atoms with Gasteiger partial charge in [-0.05, 0) is 58.7 Å². The summed E-state index contributed by atoms with van der Waals surface area (Å²) < 4.78 is 0. The Hall–Kier alpha value is -0.0300. The minimum absolute atomic E-state index is 0. The molecule has 128 valence electrons.